The van der Waals surface area contributed by atoms with Gasteiger partial charge in [-0.05, 0) is 18.2 Å². The predicted octanol–water partition coefficient (Wildman–Crippen LogP) is 3.05. The summed E-state index contributed by atoms with van der Waals surface area (Å²) in [4.78, 5) is 18.3. The van der Waals surface area contributed by atoms with Crippen molar-refractivity contribution in [2.45, 2.75) is 26.3 Å². The molecule has 0 saturated carbocycles. The average molecular weight is 300 g/mol. The molecule has 1 aliphatic heterocycles. The van der Waals surface area contributed by atoms with E-state index in [2.05, 4.69) is 11.1 Å². The molecule has 0 unspecified atom stereocenters. The third-order valence-electron chi connectivity index (χ3n) is 3.85. The van der Waals surface area contributed by atoms with Crippen molar-refractivity contribution < 1.29 is 4.79 Å². The smallest absolute Gasteiger partial charge is 0.222 e. The molecule has 0 fully saturated rings. The molecule has 1 aliphatic rings. The monoisotopic (exact) mass is 299 g/mol. The minimum Gasteiger partial charge on any atom is -0.338 e. The van der Waals surface area contributed by atoms with Gasteiger partial charge in [0.2, 0.25) is 5.91 Å². The zero-order chi connectivity index (χ0) is 15.0. The van der Waals surface area contributed by atoms with E-state index < -0.39 is 0 Å². The second kappa shape index (κ2) is 5.34. The molecule has 1 amide bonds. The van der Waals surface area contributed by atoms with E-state index in [0.29, 0.717) is 30.1 Å². The van der Waals surface area contributed by atoms with Crippen molar-refractivity contribution in [1.82, 2.24) is 9.88 Å². The topological polar surface area (TPSA) is 57.0 Å². The van der Waals surface area contributed by atoms with E-state index in [1.807, 2.05) is 17.9 Å². The molecule has 21 heavy (non-hydrogen) atoms. The highest BCUT2D eigenvalue weighted by atomic mass is 35.5. The normalized spacial score (nSPS) is 13.9. The van der Waals surface area contributed by atoms with Crippen molar-refractivity contribution in [3.63, 3.8) is 0 Å². The van der Waals surface area contributed by atoms with E-state index in [1.54, 1.807) is 12.1 Å². The number of carbonyl (C=O) groups excluding carboxylic acids is 1. The number of hydrogen-bond acceptors (Lipinski definition) is 3. The number of carbonyl (C=O) groups is 1. The van der Waals surface area contributed by atoms with Crippen LogP contribution in [0.1, 0.15) is 30.2 Å². The fourth-order valence-corrected chi connectivity index (χ4v) is 3.02. The number of amides is 1. The van der Waals surface area contributed by atoms with Crippen molar-refractivity contribution in [2.75, 3.05) is 6.54 Å². The van der Waals surface area contributed by atoms with Crippen LogP contribution in [0, 0.1) is 11.3 Å². The Morgan fingerprint density at radius 1 is 1.52 bits per heavy atom. The van der Waals surface area contributed by atoms with Gasteiger partial charge in [0.15, 0.2) is 0 Å². The zero-order valence-corrected chi connectivity index (χ0v) is 12.4. The van der Waals surface area contributed by atoms with Crippen LogP contribution >= 0.6 is 11.6 Å². The van der Waals surface area contributed by atoms with Crippen LogP contribution in [-0.4, -0.2) is 22.3 Å². The minimum atomic E-state index is 0.127. The quantitative estimate of drug-likeness (QED) is 0.813. The summed E-state index contributed by atoms with van der Waals surface area (Å²) in [5, 5.41) is 10.4. The highest BCUT2D eigenvalue weighted by Gasteiger charge is 2.24. The van der Waals surface area contributed by atoms with Crippen LogP contribution in [0.3, 0.4) is 0 Å². The number of nitriles is 1. The van der Waals surface area contributed by atoms with Crippen LogP contribution in [-0.2, 0) is 17.8 Å². The number of nitrogens with zero attached hydrogens (tertiary/aromatic N) is 3. The van der Waals surface area contributed by atoms with Gasteiger partial charge in [-0.2, -0.15) is 5.26 Å². The van der Waals surface area contributed by atoms with Crippen LogP contribution in [0.4, 0.5) is 0 Å². The minimum absolute atomic E-state index is 0.127. The van der Waals surface area contributed by atoms with Gasteiger partial charge >= 0.3 is 0 Å². The molecular formula is C16H14ClN3O. The third-order valence-corrected chi connectivity index (χ3v) is 4.29. The molecule has 0 aliphatic carbocycles. The lowest BCUT2D eigenvalue weighted by Gasteiger charge is -2.29. The van der Waals surface area contributed by atoms with E-state index in [4.69, 9.17) is 16.9 Å². The first-order valence-corrected chi connectivity index (χ1v) is 7.30. The maximum atomic E-state index is 11.9. The van der Waals surface area contributed by atoms with Gasteiger partial charge in [0, 0.05) is 42.6 Å². The summed E-state index contributed by atoms with van der Waals surface area (Å²) in [5.41, 5.74) is 3.22. The number of benzene rings is 1. The zero-order valence-electron chi connectivity index (χ0n) is 11.7. The van der Waals surface area contributed by atoms with Crippen molar-refractivity contribution in [3.8, 4) is 6.07 Å². The van der Waals surface area contributed by atoms with Gasteiger partial charge in [-0.25, -0.2) is 0 Å². The summed E-state index contributed by atoms with van der Waals surface area (Å²) in [5.74, 6) is 0.127. The van der Waals surface area contributed by atoms with Crippen LogP contribution in [0.5, 0.6) is 0 Å². The first kappa shape index (κ1) is 13.8. The summed E-state index contributed by atoms with van der Waals surface area (Å²) < 4.78 is 0. The van der Waals surface area contributed by atoms with E-state index in [-0.39, 0.29) is 5.91 Å². The molecule has 0 N–H and O–H groups in total. The van der Waals surface area contributed by atoms with Crippen molar-refractivity contribution >= 4 is 28.4 Å². The van der Waals surface area contributed by atoms with Crippen molar-refractivity contribution in [2.24, 2.45) is 0 Å². The number of aromatic nitrogens is 1. The Bertz CT molecular complexity index is 779. The van der Waals surface area contributed by atoms with Crippen LogP contribution in [0.15, 0.2) is 18.2 Å². The number of rotatable bonds is 1. The van der Waals surface area contributed by atoms with Gasteiger partial charge in [-0.3, -0.25) is 9.78 Å². The van der Waals surface area contributed by atoms with Gasteiger partial charge in [0.25, 0.3) is 0 Å². The molecule has 3 rings (SSSR count). The highest BCUT2D eigenvalue weighted by Crippen LogP contribution is 2.32. The number of pyridine rings is 1. The Morgan fingerprint density at radius 2 is 2.33 bits per heavy atom. The molecule has 5 heteroatoms. The molecule has 0 bridgehead atoms. The Labute approximate surface area is 127 Å². The van der Waals surface area contributed by atoms with Crippen LogP contribution in [0.2, 0.25) is 5.02 Å². The molecular weight excluding hydrogens is 286 g/mol. The van der Waals surface area contributed by atoms with E-state index in [0.717, 1.165) is 28.6 Å². The van der Waals surface area contributed by atoms with Crippen LogP contribution < -0.4 is 0 Å². The lowest BCUT2D eigenvalue weighted by Crippen LogP contribution is -2.36. The molecule has 106 valence electrons. The third kappa shape index (κ3) is 2.34. The SMILES string of the molecule is CCC(=O)N1CCc2nc3ccc(C#N)cc3c(Cl)c2C1. The van der Waals surface area contributed by atoms with E-state index in [1.165, 1.54) is 0 Å². The fraction of sp³-hybridized carbons (Fsp3) is 0.312. The van der Waals surface area contributed by atoms with Gasteiger partial charge in [0.1, 0.15) is 0 Å². The van der Waals surface area contributed by atoms with Crippen LogP contribution in [0.25, 0.3) is 10.9 Å². The number of hydrogen-bond donors (Lipinski definition) is 0. The molecule has 2 aromatic rings. The predicted molar refractivity (Wildman–Crippen MR) is 80.9 cm³/mol. The summed E-state index contributed by atoms with van der Waals surface area (Å²) in [7, 11) is 0. The number of fused-ring (bicyclic) bond motifs is 2. The molecule has 0 spiro atoms. The Balaban J connectivity index is 2.12. The maximum Gasteiger partial charge on any atom is 0.222 e. The molecule has 4 nitrogen and oxygen atoms in total. The Morgan fingerprint density at radius 3 is 3.05 bits per heavy atom. The molecule has 0 radical (unpaired) electrons. The second-order valence-corrected chi connectivity index (χ2v) is 5.49. The van der Waals surface area contributed by atoms with E-state index in [9.17, 15) is 4.79 Å². The van der Waals surface area contributed by atoms with Gasteiger partial charge < -0.3 is 4.90 Å². The highest BCUT2D eigenvalue weighted by molar-refractivity contribution is 6.36. The second-order valence-electron chi connectivity index (χ2n) is 5.11. The lowest BCUT2D eigenvalue weighted by atomic mass is 10.0. The average Bonchev–Trinajstić information content (AvgIpc) is 2.54. The van der Waals surface area contributed by atoms with Gasteiger partial charge in [0.05, 0.1) is 22.2 Å². The summed E-state index contributed by atoms with van der Waals surface area (Å²) in [6, 6.07) is 7.43. The Hall–Kier alpha value is -2.12. The molecule has 2 heterocycles. The standard InChI is InChI=1S/C16H14ClN3O/c1-2-15(21)20-6-5-14-12(9-20)16(17)11-7-10(8-18)3-4-13(11)19-14/h3-4,7H,2,5-6,9H2,1H3. The summed E-state index contributed by atoms with van der Waals surface area (Å²) in [6.07, 6.45) is 1.21. The van der Waals surface area contributed by atoms with Gasteiger partial charge in [-0.1, -0.05) is 18.5 Å². The molecule has 1 aromatic carbocycles. The fourth-order valence-electron chi connectivity index (χ4n) is 2.70. The first-order valence-electron chi connectivity index (χ1n) is 6.93. The summed E-state index contributed by atoms with van der Waals surface area (Å²) >= 11 is 6.51. The summed E-state index contributed by atoms with van der Waals surface area (Å²) in [6.45, 7) is 3.04. The van der Waals surface area contributed by atoms with Gasteiger partial charge in [-0.15, -0.1) is 0 Å². The maximum absolute atomic E-state index is 11.9. The Kier molecular flexibility index (Phi) is 3.52. The molecule has 0 saturated heterocycles. The lowest BCUT2D eigenvalue weighted by molar-refractivity contribution is -0.131. The molecule has 1 aromatic heterocycles. The van der Waals surface area contributed by atoms with Crippen molar-refractivity contribution in [3.05, 3.63) is 40.0 Å². The molecule has 0 atom stereocenters. The first-order chi connectivity index (χ1) is 10.1. The van der Waals surface area contributed by atoms with Crippen molar-refractivity contribution in [1.29, 1.82) is 5.26 Å². The van der Waals surface area contributed by atoms with E-state index >= 15 is 0 Å². The number of halogens is 1. The largest absolute Gasteiger partial charge is 0.338 e.